The molecule has 3 rings (SSSR count). The maximum Gasteiger partial charge on any atom is 0.232 e. The molecule has 0 aliphatic carbocycles. The number of benzene rings is 1. The largest absolute Gasteiger partial charge is 0.369 e. The van der Waals surface area contributed by atoms with Gasteiger partial charge in [-0.25, -0.2) is 9.38 Å². The molecule has 0 saturated carbocycles. The summed E-state index contributed by atoms with van der Waals surface area (Å²) in [7, 11) is 0. The first-order valence-corrected chi connectivity index (χ1v) is 9.85. The van der Waals surface area contributed by atoms with E-state index in [1.165, 1.54) is 6.07 Å². The van der Waals surface area contributed by atoms with Crippen LogP contribution >= 0.6 is 15.9 Å². The number of carbonyl (C=O) groups excluding carboxylic acids is 2. The number of piperidine rings is 1. The third kappa shape index (κ3) is 4.15. The molecule has 1 aromatic rings. The molecule has 146 valence electrons. The lowest BCUT2D eigenvalue weighted by Crippen LogP contribution is -2.52. The van der Waals surface area contributed by atoms with Gasteiger partial charge in [-0.3, -0.25) is 14.5 Å². The molecule has 0 radical (unpaired) electrons. The van der Waals surface area contributed by atoms with E-state index in [0.29, 0.717) is 30.0 Å². The molecule has 1 aromatic carbocycles. The summed E-state index contributed by atoms with van der Waals surface area (Å²) < 4.78 is 13.9. The van der Waals surface area contributed by atoms with Crippen molar-refractivity contribution in [2.75, 3.05) is 19.6 Å². The van der Waals surface area contributed by atoms with Gasteiger partial charge >= 0.3 is 0 Å². The summed E-state index contributed by atoms with van der Waals surface area (Å²) in [5.74, 6) is 0.134. The van der Waals surface area contributed by atoms with Gasteiger partial charge in [0.15, 0.2) is 5.96 Å². The lowest BCUT2D eigenvalue weighted by atomic mass is 9.87. The highest BCUT2D eigenvalue weighted by Crippen LogP contribution is 2.35. The van der Waals surface area contributed by atoms with Crippen molar-refractivity contribution in [3.63, 3.8) is 0 Å². The Morgan fingerprint density at radius 3 is 2.63 bits per heavy atom. The Morgan fingerprint density at radius 1 is 1.41 bits per heavy atom. The average molecular weight is 439 g/mol. The van der Waals surface area contributed by atoms with Crippen molar-refractivity contribution in [1.82, 2.24) is 9.80 Å². The highest BCUT2D eigenvalue weighted by Gasteiger charge is 2.38. The van der Waals surface area contributed by atoms with Crippen LogP contribution in [0.3, 0.4) is 0 Å². The van der Waals surface area contributed by atoms with Crippen molar-refractivity contribution >= 4 is 33.7 Å². The molecule has 2 aliphatic rings. The van der Waals surface area contributed by atoms with Crippen LogP contribution < -0.4 is 5.73 Å². The Balaban J connectivity index is 1.73. The fraction of sp³-hybridized carbons (Fsp3) is 0.526. The molecular weight excluding hydrogens is 415 g/mol. The monoisotopic (exact) mass is 438 g/mol. The molecule has 0 aromatic heterocycles. The number of aliphatic imine (C=N–C) groups is 1. The lowest BCUT2D eigenvalue weighted by molar-refractivity contribution is -0.132. The fourth-order valence-corrected chi connectivity index (χ4v) is 4.13. The highest BCUT2D eigenvalue weighted by atomic mass is 79.9. The molecule has 2 aliphatic heterocycles. The second-order valence-electron chi connectivity index (χ2n) is 7.50. The minimum atomic E-state index is -0.814. The Bertz CT molecular complexity index is 792. The Hall–Kier alpha value is -1.96. The van der Waals surface area contributed by atoms with E-state index >= 15 is 0 Å². The fourth-order valence-electron chi connectivity index (χ4n) is 3.75. The first-order valence-electron chi connectivity index (χ1n) is 9.06. The zero-order valence-corrected chi connectivity index (χ0v) is 17.1. The van der Waals surface area contributed by atoms with Crippen molar-refractivity contribution < 1.29 is 14.0 Å². The van der Waals surface area contributed by atoms with Crippen LogP contribution in [0, 0.1) is 11.7 Å². The van der Waals surface area contributed by atoms with Crippen LogP contribution in [-0.4, -0.2) is 47.2 Å². The Kier molecular flexibility index (Phi) is 5.55. The number of nitrogens with two attached hydrogens (primary N) is 1. The molecule has 27 heavy (non-hydrogen) atoms. The summed E-state index contributed by atoms with van der Waals surface area (Å²) in [4.78, 5) is 32.2. The van der Waals surface area contributed by atoms with Crippen LogP contribution in [0.4, 0.5) is 4.39 Å². The molecule has 0 bridgehead atoms. The number of guanidine groups is 1. The molecule has 1 saturated heterocycles. The molecular formula is C19H24BrFN4O2. The van der Waals surface area contributed by atoms with Crippen molar-refractivity contribution in [3.8, 4) is 0 Å². The predicted octanol–water partition coefficient (Wildman–Crippen LogP) is 2.61. The van der Waals surface area contributed by atoms with Gasteiger partial charge in [0, 0.05) is 26.6 Å². The minimum Gasteiger partial charge on any atom is -0.369 e. The van der Waals surface area contributed by atoms with Gasteiger partial charge < -0.3 is 10.6 Å². The minimum absolute atomic E-state index is 0.0838. The van der Waals surface area contributed by atoms with Crippen molar-refractivity contribution in [2.24, 2.45) is 16.6 Å². The maximum atomic E-state index is 13.5. The lowest BCUT2D eigenvalue weighted by Gasteiger charge is -2.38. The van der Waals surface area contributed by atoms with Crippen LogP contribution in [0.5, 0.6) is 0 Å². The number of halogens is 2. The third-order valence-corrected chi connectivity index (χ3v) is 6.08. The van der Waals surface area contributed by atoms with E-state index in [9.17, 15) is 14.0 Å². The van der Waals surface area contributed by atoms with E-state index in [0.717, 1.165) is 18.4 Å². The van der Waals surface area contributed by atoms with Gasteiger partial charge in [0.2, 0.25) is 11.8 Å². The number of rotatable bonds is 3. The van der Waals surface area contributed by atoms with E-state index in [1.54, 1.807) is 24.0 Å². The standard InChI is InChI=1S/C19H24BrFN4O2/c1-12(26)24-7-5-13(6-8-24)11-25-17(27)10-19(2,23-18(25)22)14-3-4-16(21)15(20)9-14/h3-4,9,13H,5-8,10-11H2,1-2H3,(H2,22,23). The quantitative estimate of drug-likeness (QED) is 0.787. The number of nitrogens with zero attached hydrogens (tertiary/aromatic N) is 3. The number of amides is 2. The predicted molar refractivity (Wildman–Crippen MR) is 104 cm³/mol. The summed E-state index contributed by atoms with van der Waals surface area (Å²) in [6, 6.07) is 4.64. The SMILES string of the molecule is CC(=O)N1CCC(CN2C(=O)CC(C)(c3ccc(F)c(Br)c3)N=C2N)CC1. The second kappa shape index (κ2) is 7.58. The van der Waals surface area contributed by atoms with E-state index in [-0.39, 0.29) is 30.0 Å². The zero-order chi connectivity index (χ0) is 19.8. The molecule has 6 nitrogen and oxygen atoms in total. The molecule has 2 amide bonds. The van der Waals surface area contributed by atoms with Crippen LogP contribution in [0.2, 0.25) is 0 Å². The molecule has 2 N–H and O–H groups in total. The van der Waals surface area contributed by atoms with E-state index < -0.39 is 5.54 Å². The number of hydrogen-bond donors (Lipinski definition) is 1. The molecule has 1 unspecified atom stereocenters. The first kappa shape index (κ1) is 19.8. The summed E-state index contributed by atoms with van der Waals surface area (Å²) in [6.45, 7) is 5.35. The maximum absolute atomic E-state index is 13.5. The van der Waals surface area contributed by atoms with Gasteiger partial charge in [-0.1, -0.05) is 6.07 Å². The van der Waals surface area contributed by atoms with Crippen molar-refractivity contribution in [2.45, 2.75) is 38.6 Å². The first-order chi connectivity index (χ1) is 12.7. The highest BCUT2D eigenvalue weighted by molar-refractivity contribution is 9.10. The third-order valence-electron chi connectivity index (χ3n) is 5.48. The summed E-state index contributed by atoms with van der Waals surface area (Å²) in [5.41, 5.74) is 6.07. The van der Waals surface area contributed by atoms with Gasteiger partial charge in [0.25, 0.3) is 0 Å². The van der Waals surface area contributed by atoms with E-state index in [2.05, 4.69) is 20.9 Å². The molecule has 1 atom stereocenters. The Morgan fingerprint density at radius 2 is 2.07 bits per heavy atom. The molecule has 1 fully saturated rings. The summed E-state index contributed by atoms with van der Waals surface area (Å²) >= 11 is 3.18. The number of likely N-dealkylation sites (tertiary alicyclic amines) is 1. The van der Waals surface area contributed by atoms with Gasteiger partial charge in [-0.2, -0.15) is 0 Å². The van der Waals surface area contributed by atoms with E-state index in [4.69, 9.17) is 5.73 Å². The van der Waals surface area contributed by atoms with Crippen LogP contribution in [0.15, 0.2) is 27.7 Å². The second-order valence-corrected chi connectivity index (χ2v) is 8.36. The van der Waals surface area contributed by atoms with E-state index in [1.807, 2.05) is 11.8 Å². The van der Waals surface area contributed by atoms with Crippen molar-refractivity contribution in [3.05, 3.63) is 34.1 Å². The van der Waals surface area contributed by atoms with Crippen LogP contribution in [0.1, 0.15) is 38.7 Å². The molecule has 2 heterocycles. The summed E-state index contributed by atoms with van der Waals surface area (Å²) in [6.07, 6.45) is 1.87. The van der Waals surface area contributed by atoms with Gasteiger partial charge in [0.1, 0.15) is 5.82 Å². The van der Waals surface area contributed by atoms with Gasteiger partial charge in [-0.05, 0) is 59.3 Å². The summed E-state index contributed by atoms with van der Waals surface area (Å²) in [5, 5.41) is 0. The van der Waals surface area contributed by atoms with Crippen molar-refractivity contribution in [1.29, 1.82) is 0 Å². The molecule has 8 heteroatoms. The topological polar surface area (TPSA) is 79.0 Å². The molecule has 0 spiro atoms. The van der Waals surface area contributed by atoms with Gasteiger partial charge in [0.05, 0.1) is 16.4 Å². The number of hydrogen-bond acceptors (Lipinski definition) is 4. The van der Waals surface area contributed by atoms with Crippen LogP contribution in [-0.2, 0) is 15.1 Å². The average Bonchev–Trinajstić information content (AvgIpc) is 2.61. The zero-order valence-electron chi connectivity index (χ0n) is 15.5. The van der Waals surface area contributed by atoms with Crippen LogP contribution in [0.25, 0.3) is 0 Å². The smallest absolute Gasteiger partial charge is 0.232 e. The number of carbonyl (C=O) groups is 2. The Labute approximate surface area is 166 Å². The normalized spacial score (nSPS) is 24.1. The van der Waals surface area contributed by atoms with Gasteiger partial charge in [-0.15, -0.1) is 0 Å².